The molecule has 1 fully saturated rings. The van der Waals surface area contributed by atoms with Crippen LogP contribution in [0.15, 0.2) is 34.2 Å². The summed E-state index contributed by atoms with van der Waals surface area (Å²) in [7, 11) is 1.46. The number of guanidine groups is 1. The fourth-order valence-corrected chi connectivity index (χ4v) is 4.46. The van der Waals surface area contributed by atoms with E-state index in [0.29, 0.717) is 19.1 Å². The molecule has 1 saturated carbocycles. The first-order chi connectivity index (χ1) is 13.9. The molecule has 1 aliphatic carbocycles. The van der Waals surface area contributed by atoms with Gasteiger partial charge in [0.25, 0.3) is 0 Å². The Balaban J connectivity index is 0.00000450. The number of nitrogens with one attached hydrogen (secondary N) is 3. The third-order valence-electron chi connectivity index (χ3n) is 5.37. The normalized spacial score (nSPS) is 15.8. The van der Waals surface area contributed by atoms with E-state index in [9.17, 15) is 8.42 Å². The van der Waals surface area contributed by atoms with E-state index in [2.05, 4.69) is 20.3 Å². The Hall–Kier alpha value is -0.950. The molecule has 0 amide bonds. The Morgan fingerprint density at radius 2 is 1.90 bits per heavy atom. The second-order valence-electron chi connectivity index (χ2n) is 7.41. The van der Waals surface area contributed by atoms with Crippen LogP contribution in [0.2, 0.25) is 0 Å². The molecule has 0 radical (unpaired) electrons. The molecular weight excluding hydrogens is 519 g/mol. The summed E-state index contributed by atoms with van der Waals surface area (Å²) in [6.45, 7) is 2.67. The average Bonchev–Trinajstić information content (AvgIpc) is 2.69. The van der Waals surface area contributed by atoms with Crippen molar-refractivity contribution in [2.24, 2.45) is 10.4 Å². The van der Waals surface area contributed by atoms with Crippen LogP contribution >= 0.6 is 24.0 Å². The highest BCUT2D eigenvalue weighted by molar-refractivity contribution is 14.0. The van der Waals surface area contributed by atoms with Crippen molar-refractivity contribution in [2.75, 3.05) is 47.6 Å². The van der Waals surface area contributed by atoms with Crippen LogP contribution in [0.25, 0.3) is 0 Å². The van der Waals surface area contributed by atoms with E-state index in [1.54, 1.807) is 32.4 Å². The number of nitrogens with zero attached hydrogens (tertiary/aromatic N) is 1. The molecule has 0 saturated heterocycles. The van der Waals surface area contributed by atoms with Crippen LogP contribution in [0.4, 0.5) is 0 Å². The maximum Gasteiger partial charge on any atom is 0.240 e. The van der Waals surface area contributed by atoms with Crippen LogP contribution in [0.3, 0.4) is 0 Å². The highest BCUT2D eigenvalue weighted by Crippen LogP contribution is 2.43. The first kappa shape index (κ1) is 27.1. The van der Waals surface area contributed by atoms with Crippen molar-refractivity contribution in [3.8, 4) is 0 Å². The highest BCUT2D eigenvalue weighted by Gasteiger charge is 2.36. The minimum atomic E-state index is -3.55. The number of ether oxygens (including phenoxy) is 2. The Morgan fingerprint density at radius 3 is 2.50 bits per heavy atom. The van der Waals surface area contributed by atoms with Gasteiger partial charge in [0, 0.05) is 47.5 Å². The second-order valence-corrected chi connectivity index (χ2v) is 9.18. The number of hydrogen-bond donors (Lipinski definition) is 3. The fourth-order valence-electron chi connectivity index (χ4n) is 3.37. The van der Waals surface area contributed by atoms with E-state index in [-0.39, 0.29) is 40.8 Å². The molecule has 1 aliphatic rings. The van der Waals surface area contributed by atoms with Crippen molar-refractivity contribution >= 4 is 40.0 Å². The first-order valence-electron chi connectivity index (χ1n) is 9.96. The summed E-state index contributed by atoms with van der Waals surface area (Å²) in [6, 6.07) is 6.88. The van der Waals surface area contributed by atoms with Gasteiger partial charge in [-0.15, -0.1) is 24.0 Å². The van der Waals surface area contributed by atoms with Gasteiger partial charge in [-0.2, -0.15) is 0 Å². The molecule has 0 spiro atoms. The van der Waals surface area contributed by atoms with Crippen LogP contribution in [-0.2, 0) is 26.0 Å². The smallest absolute Gasteiger partial charge is 0.240 e. The van der Waals surface area contributed by atoms with Crippen LogP contribution < -0.4 is 15.4 Å². The molecule has 1 aromatic carbocycles. The Morgan fingerprint density at radius 1 is 1.17 bits per heavy atom. The van der Waals surface area contributed by atoms with E-state index in [1.807, 2.05) is 6.07 Å². The van der Waals surface area contributed by atoms with Gasteiger partial charge in [-0.25, -0.2) is 13.1 Å². The van der Waals surface area contributed by atoms with Gasteiger partial charge in [-0.3, -0.25) is 4.99 Å². The number of methoxy groups -OCH3 is 2. The summed E-state index contributed by atoms with van der Waals surface area (Å²) in [5, 5.41) is 6.68. The zero-order chi connectivity index (χ0) is 21.2. The number of hydrogen-bond acceptors (Lipinski definition) is 5. The Bertz CT molecular complexity index is 770. The van der Waals surface area contributed by atoms with Gasteiger partial charge in [0.1, 0.15) is 0 Å². The maximum absolute atomic E-state index is 12.4. The number of aliphatic imine (C=N–C) groups is 1. The number of sulfonamides is 1. The molecule has 0 atom stereocenters. The summed E-state index contributed by atoms with van der Waals surface area (Å²) >= 11 is 0. The number of benzene rings is 1. The molecular formula is C20H35IN4O4S. The average molecular weight is 554 g/mol. The zero-order valence-electron chi connectivity index (χ0n) is 18.1. The van der Waals surface area contributed by atoms with Gasteiger partial charge in [-0.05, 0) is 42.4 Å². The molecule has 0 heterocycles. The predicted octanol–water partition coefficient (Wildman–Crippen LogP) is 2.10. The van der Waals surface area contributed by atoms with Crippen molar-refractivity contribution in [3.63, 3.8) is 0 Å². The van der Waals surface area contributed by atoms with Crippen molar-refractivity contribution in [1.29, 1.82) is 0 Å². The van der Waals surface area contributed by atoms with Gasteiger partial charge in [0.15, 0.2) is 5.96 Å². The zero-order valence-corrected chi connectivity index (χ0v) is 21.2. The third kappa shape index (κ3) is 8.29. The summed E-state index contributed by atoms with van der Waals surface area (Å²) in [4.78, 5) is 4.52. The van der Waals surface area contributed by atoms with E-state index >= 15 is 0 Å². The minimum absolute atomic E-state index is 0. The molecule has 172 valence electrons. The third-order valence-corrected chi connectivity index (χ3v) is 6.83. The van der Waals surface area contributed by atoms with Gasteiger partial charge < -0.3 is 20.1 Å². The fraction of sp³-hybridized carbons (Fsp3) is 0.650. The molecule has 0 bridgehead atoms. The van der Waals surface area contributed by atoms with Crippen LogP contribution in [0.1, 0.15) is 31.2 Å². The van der Waals surface area contributed by atoms with Crippen molar-refractivity contribution in [3.05, 3.63) is 29.8 Å². The monoisotopic (exact) mass is 554 g/mol. The molecule has 0 aliphatic heterocycles. The van der Waals surface area contributed by atoms with Crippen LogP contribution in [-0.4, -0.2) is 61.9 Å². The largest absolute Gasteiger partial charge is 0.385 e. The molecule has 3 N–H and O–H groups in total. The lowest BCUT2D eigenvalue weighted by molar-refractivity contribution is 0.0732. The lowest BCUT2D eigenvalue weighted by Crippen LogP contribution is -2.46. The van der Waals surface area contributed by atoms with E-state index < -0.39 is 10.0 Å². The summed E-state index contributed by atoms with van der Waals surface area (Å²) < 4.78 is 37.4. The molecule has 0 unspecified atom stereocenters. The standard InChI is InChI=1S/C20H34N4O4S.HI/c1-21-19(23-16-20(8-5-9-20)10-12-27-2)22-15-17-6-4-7-18(14-17)29(25,26)24-11-13-28-3;/h4,6-7,14,24H,5,8-13,15-16H2,1-3H3,(H2,21,22,23);1H. The SMILES string of the molecule is CN=C(NCc1cccc(S(=O)(=O)NCCOC)c1)NCC1(CCOC)CCC1.I. The Kier molecular flexibility index (Phi) is 12.2. The van der Waals surface area contributed by atoms with Crippen molar-refractivity contribution in [2.45, 2.75) is 37.1 Å². The summed E-state index contributed by atoms with van der Waals surface area (Å²) in [5.41, 5.74) is 1.15. The minimum Gasteiger partial charge on any atom is -0.385 e. The van der Waals surface area contributed by atoms with Gasteiger partial charge in [0.05, 0.1) is 11.5 Å². The van der Waals surface area contributed by atoms with Gasteiger partial charge in [-0.1, -0.05) is 18.6 Å². The maximum atomic E-state index is 12.4. The molecule has 8 nitrogen and oxygen atoms in total. The quantitative estimate of drug-likeness (QED) is 0.158. The van der Waals surface area contributed by atoms with Gasteiger partial charge in [0.2, 0.25) is 10.0 Å². The Labute approximate surface area is 197 Å². The first-order valence-corrected chi connectivity index (χ1v) is 11.4. The number of halogens is 1. The van der Waals surface area contributed by atoms with E-state index in [1.165, 1.54) is 26.4 Å². The highest BCUT2D eigenvalue weighted by atomic mass is 127. The lowest BCUT2D eigenvalue weighted by atomic mass is 9.67. The van der Waals surface area contributed by atoms with Crippen molar-refractivity contribution in [1.82, 2.24) is 15.4 Å². The predicted molar refractivity (Wildman–Crippen MR) is 130 cm³/mol. The lowest BCUT2D eigenvalue weighted by Gasteiger charge is -2.42. The summed E-state index contributed by atoms with van der Waals surface area (Å²) in [5.74, 6) is 0.708. The van der Waals surface area contributed by atoms with E-state index in [0.717, 1.165) is 25.1 Å². The molecule has 0 aromatic heterocycles. The molecule has 10 heteroatoms. The topological polar surface area (TPSA) is 101 Å². The summed E-state index contributed by atoms with van der Waals surface area (Å²) in [6.07, 6.45) is 4.72. The van der Waals surface area contributed by atoms with Crippen molar-refractivity contribution < 1.29 is 17.9 Å². The molecule has 30 heavy (non-hydrogen) atoms. The van der Waals surface area contributed by atoms with Crippen LogP contribution in [0, 0.1) is 5.41 Å². The molecule has 1 aromatic rings. The van der Waals surface area contributed by atoms with Gasteiger partial charge >= 0.3 is 0 Å². The van der Waals surface area contributed by atoms with Crippen LogP contribution in [0.5, 0.6) is 0 Å². The number of rotatable bonds is 12. The van der Waals surface area contributed by atoms with E-state index in [4.69, 9.17) is 9.47 Å². The second kappa shape index (κ2) is 13.5. The molecule has 2 rings (SSSR count).